The Kier molecular flexibility index (Phi) is 4.71. The van der Waals surface area contributed by atoms with E-state index in [1.165, 1.54) is 11.8 Å². The number of carbonyl (C=O) groups is 1. The fourth-order valence-corrected chi connectivity index (χ4v) is 2.88. The Bertz CT molecular complexity index is 712. The summed E-state index contributed by atoms with van der Waals surface area (Å²) in [6.45, 7) is 1.80. The van der Waals surface area contributed by atoms with Crippen LogP contribution in [0.3, 0.4) is 0 Å². The molecule has 5 nitrogen and oxygen atoms in total. The van der Waals surface area contributed by atoms with Crippen LogP contribution in [0.15, 0.2) is 24.3 Å². The minimum atomic E-state index is -0.349. The molecule has 0 bridgehead atoms. The molecule has 1 aromatic carbocycles. The van der Waals surface area contributed by atoms with Crippen molar-refractivity contribution >= 4 is 5.91 Å². The number of aromatic nitrogens is 2. The number of fused-ring (bicyclic) bond motifs is 1. The second-order valence-corrected chi connectivity index (χ2v) is 5.67. The highest BCUT2D eigenvalue weighted by atomic mass is 19.1. The predicted octanol–water partition coefficient (Wildman–Crippen LogP) is 1.53. The summed E-state index contributed by atoms with van der Waals surface area (Å²) in [5.41, 5.74) is 3.73. The molecule has 1 aliphatic rings. The fourth-order valence-electron chi connectivity index (χ4n) is 2.88. The molecule has 0 atom stereocenters. The molecule has 0 aliphatic carbocycles. The second kappa shape index (κ2) is 6.91. The summed E-state index contributed by atoms with van der Waals surface area (Å²) < 4.78 is 20.9. The lowest BCUT2D eigenvalue weighted by Gasteiger charge is -2.13. The molecule has 1 aliphatic heterocycles. The number of ether oxygens (including phenoxy) is 1. The Morgan fingerprint density at radius 2 is 2.26 bits per heavy atom. The van der Waals surface area contributed by atoms with E-state index in [-0.39, 0.29) is 18.1 Å². The van der Waals surface area contributed by atoms with Gasteiger partial charge < -0.3 is 10.1 Å². The molecule has 122 valence electrons. The zero-order valence-corrected chi connectivity index (χ0v) is 13.1. The Labute approximate surface area is 134 Å². The van der Waals surface area contributed by atoms with E-state index in [0.717, 1.165) is 24.3 Å². The summed E-state index contributed by atoms with van der Waals surface area (Å²) in [5.74, 6) is -0.533. The Morgan fingerprint density at radius 3 is 3.09 bits per heavy atom. The van der Waals surface area contributed by atoms with Gasteiger partial charge in [-0.25, -0.2) is 4.39 Å². The first-order valence-corrected chi connectivity index (χ1v) is 7.76. The minimum absolute atomic E-state index is 0.0517. The van der Waals surface area contributed by atoms with Gasteiger partial charge in [-0.1, -0.05) is 18.2 Å². The number of halogens is 1. The number of hydrogen-bond acceptors (Lipinski definition) is 3. The summed E-state index contributed by atoms with van der Waals surface area (Å²) in [4.78, 5) is 11.9. The van der Waals surface area contributed by atoms with Gasteiger partial charge in [-0.2, -0.15) is 5.10 Å². The van der Waals surface area contributed by atoms with Crippen molar-refractivity contribution in [2.75, 3.05) is 13.2 Å². The maximum atomic E-state index is 13.5. The zero-order chi connectivity index (χ0) is 16.2. The highest BCUT2D eigenvalue weighted by Gasteiger charge is 2.19. The van der Waals surface area contributed by atoms with Crippen LogP contribution in [0.4, 0.5) is 4.39 Å². The van der Waals surface area contributed by atoms with E-state index >= 15 is 0 Å². The molecule has 0 saturated carbocycles. The number of nitrogens with one attached hydrogen (secondary N) is 1. The number of aryl methyl sites for hydroxylation is 1. The zero-order valence-electron chi connectivity index (χ0n) is 13.1. The van der Waals surface area contributed by atoms with Gasteiger partial charge in [-0.05, 0) is 11.6 Å². The SMILES string of the molecule is Cn1nc(CCNC(=O)Cc2ccccc2F)c2c1CCOC2. The van der Waals surface area contributed by atoms with E-state index in [4.69, 9.17) is 4.74 Å². The van der Waals surface area contributed by atoms with Gasteiger partial charge in [0.1, 0.15) is 5.82 Å². The van der Waals surface area contributed by atoms with Gasteiger partial charge in [0.2, 0.25) is 5.91 Å². The van der Waals surface area contributed by atoms with Crippen molar-refractivity contribution in [3.8, 4) is 0 Å². The Balaban J connectivity index is 1.54. The minimum Gasteiger partial charge on any atom is -0.376 e. The van der Waals surface area contributed by atoms with E-state index in [9.17, 15) is 9.18 Å². The van der Waals surface area contributed by atoms with Crippen LogP contribution in [0.1, 0.15) is 22.5 Å². The molecular weight excluding hydrogens is 297 g/mol. The van der Waals surface area contributed by atoms with Crippen LogP contribution >= 0.6 is 0 Å². The van der Waals surface area contributed by atoms with Gasteiger partial charge in [-0.3, -0.25) is 9.48 Å². The molecule has 2 heterocycles. The van der Waals surface area contributed by atoms with Crippen molar-refractivity contribution in [1.29, 1.82) is 0 Å². The van der Waals surface area contributed by atoms with E-state index in [1.807, 2.05) is 11.7 Å². The summed E-state index contributed by atoms with van der Waals surface area (Å²) in [6.07, 6.45) is 1.57. The monoisotopic (exact) mass is 317 g/mol. The van der Waals surface area contributed by atoms with Crippen LogP contribution in [0.2, 0.25) is 0 Å². The van der Waals surface area contributed by atoms with Crippen molar-refractivity contribution in [3.63, 3.8) is 0 Å². The van der Waals surface area contributed by atoms with Crippen LogP contribution in [-0.2, 0) is 42.4 Å². The predicted molar refractivity (Wildman–Crippen MR) is 83.4 cm³/mol. The molecule has 23 heavy (non-hydrogen) atoms. The van der Waals surface area contributed by atoms with Crippen LogP contribution in [0.5, 0.6) is 0 Å². The maximum absolute atomic E-state index is 13.5. The molecule has 0 unspecified atom stereocenters. The first kappa shape index (κ1) is 15.7. The van der Waals surface area contributed by atoms with Gasteiger partial charge >= 0.3 is 0 Å². The molecular formula is C17H20FN3O2. The molecule has 2 aromatic rings. The number of carbonyl (C=O) groups excluding carboxylic acids is 1. The normalized spacial score (nSPS) is 13.7. The lowest BCUT2D eigenvalue weighted by Crippen LogP contribution is -2.28. The molecule has 0 fully saturated rings. The quantitative estimate of drug-likeness (QED) is 0.910. The third-order valence-electron chi connectivity index (χ3n) is 4.08. The van der Waals surface area contributed by atoms with E-state index in [1.54, 1.807) is 18.2 Å². The second-order valence-electron chi connectivity index (χ2n) is 5.67. The molecule has 0 spiro atoms. The standard InChI is InChI=1S/C17H20FN3O2/c1-21-16-7-9-23-11-13(16)15(20-21)6-8-19-17(22)10-12-4-2-3-5-14(12)18/h2-5H,6-11H2,1H3,(H,19,22). The molecule has 6 heteroatoms. The molecule has 1 amide bonds. The van der Waals surface area contributed by atoms with Gasteiger partial charge in [-0.15, -0.1) is 0 Å². The molecule has 3 rings (SSSR count). The fraction of sp³-hybridized carbons (Fsp3) is 0.412. The van der Waals surface area contributed by atoms with Crippen molar-refractivity contribution < 1.29 is 13.9 Å². The van der Waals surface area contributed by atoms with Gasteiger partial charge in [0.25, 0.3) is 0 Å². The molecule has 0 radical (unpaired) electrons. The molecule has 0 saturated heterocycles. The summed E-state index contributed by atoms with van der Waals surface area (Å²) in [6, 6.07) is 6.33. The summed E-state index contributed by atoms with van der Waals surface area (Å²) in [5, 5.41) is 7.34. The van der Waals surface area contributed by atoms with E-state index < -0.39 is 0 Å². The highest BCUT2D eigenvalue weighted by molar-refractivity contribution is 5.78. The van der Waals surface area contributed by atoms with Crippen molar-refractivity contribution in [2.45, 2.75) is 25.9 Å². The Morgan fingerprint density at radius 1 is 1.43 bits per heavy atom. The molecule has 1 N–H and O–H groups in total. The lowest BCUT2D eigenvalue weighted by atomic mass is 10.1. The first-order valence-electron chi connectivity index (χ1n) is 7.76. The average Bonchev–Trinajstić information content (AvgIpc) is 2.87. The number of nitrogens with zero attached hydrogens (tertiary/aromatic N) is 2. The lowest BCUT2D eigenvalue weighted by molar-refractivity contribution is -0.120. The van der Waals surface area contributed by atoms with Crippen molar-refractivity contribution in [3.05, 3.63) is 52.6 Å². The number of benzene rings is 1. The van der Waals surface area contributed by atoms with Crippen molar-refractivity contribution in [2.24, 2.45) is 7.05 Å². The van der Waals surface area contributed by atoms with Crippen LogP contribution < -0.4 is 5.32 Å². The topological polar surface area (TPSA) is 56.2 Å². The van der Waals surface area contributed by atoms with Crippen LogP contribution in [0.25, 0.3) is 0 Å². The maximum Gasteiger partial charge on any atom is 0.224 e. The summed E-state index contributed by atoms with van der Waals surface area (Å²) in [7, 11) is 1.93. The van der Waals surface area contributed by atoms with Crippen LogP contribution in [-0.4, -0.2) is 28.8 Å². The largest absolute Gasteiger partial charge is 0.376 e. The number of rotatable bonds is 5. The van der Waals surface area contributed by atoms with Crippen molar-refractivity contribution in [1.82, 2.24) is 15.1 Å². The van der Waals surface area contributed by atoms with Gasteiger partial charge in [0.15, 0.2) is 0 Å². The summed E-state index contributed by atoms with van der Waals surface area (Å²) >= 11 is 0. The third-order valence-corrected chi connectivity index (χ3v) is 4.08. The van der Waals surface area contributed by atoms with Gasteiger partial charge in [0.05, 0.1) is 25.3 Å². The molecule has 1 aromatic heterocycles. The average molecular weight is 317 g/mol. The smallest absolute Gasteiger partial charge is 0.224 e. The third kappa shape index (κ3) is 3.59. The van der Waals surface area contributed by atoms with Crippen LogP contribution in [0, 0.1) is 5.82 Å². The van der Waals surface area contributed by atoms with Gasteiger partial charge in [0, 0.05) is 37.7 Å². The number of amides is 1. The van der Waals surface area contributed by atoms with E-state index in [2.05, 4.69) is 10.4 Å². The Hall–Kier alpha value is -2.21. The highest BCUT2D eigenvalue weighted by Crippen LogP contribution is 2.20. The number of hydrogen-bond donors (Lipinski definition) is 1. The first-order chi connectivity index (χ1) is 11.1. The van der Waals surface area contributed by atoms with E-state index in [0.29, 0.717) is 25.1 Å².